The molecule has 0 saturated carbocycles. The van der Waals surface area contributed by atoms with Crippen LogP contribution in [0.2, 0.25) is 0 Å². The van der Waals surface area contributed by atoms with Gasteiger partial charge in [-0.25, -0.2) is 0 Å². The molecule has 2 heterocycles. The van der Waals surface area contributed by atoms with E-state index in [4.69, 9.17) is 4.42 Å². The maximum Gasteiger partial charge on any atom is 0.129 e. The molecule has 2 rings (SSSR count). The first kappa shape index (κ1) is 13.6. The van der Waals surface area contributed by atoms with Gasteiger partial charge in [-0.15, -0.1) is 0 Å². The molecule has 4 nitrogen and oxygen atoms in total. The van der Waals surface area contributed by atoms with Crippen LogP contribution in [0.25, 0.3) is 0 Å². The Hall–Kier alpha value is -0.820. The van der Waals surface area contributed by atoms with Gasteiger partial charge in [0, 0.05) is 23.8 Å². The second kappa shape index (κ2) is 5.44. The summed E-state index contributed by atoms with van der Waals surface area (Å²) in [5.41, 5.74) is 1.30. The molecule has 1 N–H and O–H groups in total. The fraction of sp³-hybridized carbons (Fsp3) is 0.462. The third-order valence-corrected chi connectivity index (χ3v) is 3.11. The van der Waals surface area contributed by atoms with Gasteiger partial charge in [-0.2, -0.15) is 5.10 Å². The summed E-state index contributed by atoms with van der Waals surface area (Å²) in [6, 6.07) is 2.02. The normalized spacial score (nSPS) is 12.0. The SMILES string of the molecule is CC(C)(C)NCc1ccoc1Cn1cc(I)cn1. The van der Waals surface area contributed by atoms with Crippen LogP contribution in [0.1, 0.15) is 32.1 Å². The summed E-state index contributed by atoms with van der Waals surface area (Å²) in [5, 5.41) is 7.73. The predicted molar refractivity (Wildman–Crippen MR) is 79.3 cm³/mol. The molecular weight excluding hydrogens is 341 g/mol. The highest BCUT2D eigenvalue weighted by molar-refractivity contribution is 14.1. The lowest BCUT2D eigenvalue weighted by Crippen LogP contribution is -2.35. The molecule has 2 aromatic rings. The predicted octanol–water partition coefficient (Wildman–Crippen LogP) is 3.02. The van der Waals surface area contributed by atoms with Gasteiger partial charge in [-0.1, -0.05) is 0 Å². The molecule has 2 aromatic heterocycles. The molecule has 0 atom stereocenters. The van der Waals surface area contributed by atoms with E-state index in [2.05, 4.69) is 53.8 Å². The lowest BCUT2D eigenvalue weighted by atomic mass is 10.1. The molecule has 98 valence electrons. The maximum absolute atomic E-state index is 5.54. The molecule has 0 aromatic carbocycles. The summed E-state index contributed by atoms with van der Waals surface area (Å²) < 4.78 is 8.56. The second-order valence-electron chi connectivity index (χ2n) is 5.33. The first-order chi connectivity index (χ1) is 8.44. The van der Waals surface area contributed by atoms with Crippen LogP contribution in [0.4, 0.5) is 0 Å². The summed E-state index contributed by atoms with van der Waals surface area (Å²) >= 11 is 2.25. The van der Waals surface area contributed by atoms with Crippen LogP contribution < -0.4 is 5.32 Å². The number of hydrogen-bond acceptors (Lipinski definition) is 3. The highest BCUT2D eigenvalue weighted by Crippen LogP contribution is 2.14. The molecule has 18 heavy (non-hydrogen) atoms. The van der Waals surface area contributed by atoms with E-state index in [0.717, 1.165) is 15.9 Å². The maximum atomic E-state index is 5.54. The zero-order chi connectivity index (χ0) is 13.2. The molecule has 0 aliphatic heterocycles. The Morgan fingerprint density at radius 1 is 1.44 bits per heavy atom. The van der Waals surface area contributed by atoms with Crippen molar-refractivity contribution in [2.45, 2.75) is 39.4 Å². The lowest BCUT2D eigenvalue weighted by Gasteiger charge is -2.20. The van der Waals surface area contributed by atoms with Crippen LogP contribution in [0, 0.1) is 3.57 Å². The third kappa shape index (κ3) is 3.84. The largest absolute Gasteiger partial charge is 0.467 e. The summed E-state index contributed by atoms with van der Waals surface area (Å²) in [6.45, 7) is 7.96. The van der Waals surface area contributed by atoms with Gasteiger partial charge >= 0.3 is 0 Å². The van der Waals surface area contributed by atoms with Crippen LogP contribution in [0.15, 0.2) is 29.1 Å². The molecule has 5 heteroatoms. The van der Waals surface area contributed by atoms with Gasteiger partial charge in [0.15, 0.2) is 0 Å². The molecular formula is C13H18IN3O. The van der Waals surface area contributed by atoms with E-state index < -0.39 is 0 Å². The van der Waals surface area contributed by atoms with Crippen molar-refractivity contribution < 1.29 is 4.42 Å². The van der Waals surface area contributed by atoms with Gasteiger partial charge in [-0.05, 0) is 49.4 Å². The molecule has 0 spiro atoms. The van der Waals surface area contributed by atoms with Crippen molar-refractivity contribution in [1.29, 1.82) is 0 Å². The Bertz CT molecular complexity index is 510. The number of hydrogen-bond donors (Lipinski definition) is 1. The molecule has 0 aliphatic carbocycles. The van der Waals surface area contributed by atoms with E-state index in [1.54, 1.807) is 6.26 Å². The van der Waals surface area contributed by atoms with Crippen molar-refractivity contribution in [2.24, 2.45) is 0 Å². The summed E-state index contributed by atoms with van der Waals surface area (Å²) in [6.07, 6.45) is 5.59. The van der Waals surface area contributed by atoms with Gasteiger partial charge in [0.2, 0.25) is 0 Å². The van der Waals surface area contributed by atoms with E-state index in [1.165, 1.54) is 5.56 Å². The number of halogens is 1. The van der Waals surface area contributed by atoms with Crippen LogP contribution in [0.3, 0.4) is 0 Å². The standard InChI is InChI=1S/C13H18IN3O/c1-13(2,3)15-6-10-4-5-18-12(10)9-17-8-11(14)7-16-17/h4-5,7-8,15H,6,9H2,1-3H3. The number of aromatic nitrogens is 2. The first-order valence-corrected chi connectivity index (χ1v) is 7.00. The van der Waals surface area contributed by atoms with E-state index in [9.17, 15) is 0 Å². The first-order valence-electron chi connectivity index (χ1n) is 5.92. The lowest BCUT2D eigenvalue weighted by molar-refractivity contribution is 0.416. The van der Waals surface area contributed by atoms with Gasteiger partial charge in [0.05, 0.1) is 22.6 Å². The third-order valence-electron chi connectivity index (χ3n) is 2.55. The van der Waals surface area contributed by atoms with Crippen molar-refractivity contribution >= 4 is 22.6 Å². The molecule has 0 saturated heterocycles. The van der Waals surface area contributed by atoms with Crippen molar-refractivity contribution in [1.82, 2.24) is 15.1 Å². The smallest absolute Gasteiger partial charge is 0.129 e. The Morgan fingerprint density at radius 3 is 2.83 bits per heavy atom. The van der Waals surface area contributed by atoms with Crippen LogP contribution in [-0.2, 0) is 13.1 Å². The Balaban J connectivity index is 2.03. The van der Waals surface area contributed by atoms with Crippen molar-refractivity contribution in [3.05, 3.63) is 39.6 Å². The van der Waals surface area contributed by atoms with Gasteiger partial charge in [0.1, 0.15) is 5.76 Å². The van der Waals surface area contributed by atoms with Crippen LogP contribution in [0.5, 0.6) is 0 Å². The molecule has 0 aliphatic rings. The highest BCUT2D eigenvalue weighted by atomic mass is 127. The Morgan fingerprint density at radius 2 is 2.22 bits per heavy atom. The van der Waals surface area contributed by atoms with Crippen molar-refractivity contribution in [3.8, 4) is 0 Å². The minimum absolute atomic E-state index is 0.107. The number of nitrogens with zero attached hydrogens (tertiary/aromatic N) is 2. The monoisotopic (exact) mass is 359 g/mol. The number of furan rings is 1. The van der Waals surface area contributed by atoms with Gasteiger partial charge in [0.25, 0.3) is 0 Å². The average Bonchev–Trinajstić information content (AvgIpc) is 2.85. The van der Waals surface area contributed by atoms with Crippen LogP contribution in [-0.4, -0.2) is 15.3 Å². The zero-order valence-corrected chi connectivity index (χ0v) is 13.1. The summed E-state index contributed by atoms with van der Waals surface area (Å²) in [5.74, 6) is 0.964. The molecule has 0 amide bonds. The fourth-order valence-corrected chi connectivity index (χ4v) is 2.04. The summed E-state index contributed by atoms with van der Waals surface area (Å²) in [4.78, 5) is 0. The molecule has 0 unspecified atom stereocenters. The minimum atomic E-state index is 0.107. The summed E-state index contributed by atoms with van der Waals surface area (Å²) in [7, 11) is 0. The zero-order valence-electron chi connectivity index (χ0n) is 10.9. The van der Waals surface area contributed by atoms with Gasteiger partial charge in [-0.3, -0.25) is 4.68 Å². The molecule has 0 radical (unpaired) electrons. The molecule has 0 fully saturated rings. The second-order valence-corrected chi connectivity index (χ2v) is 6.57. The number of rotatable bonds is 4. The Labute approximate surface area is 121 Å². The van der Waals surface area contributed by atoms with E-state index in [-0.39, 0.29) is 5.54 Å². The van der Waals surface area contributed by atoms with E-state index in [1.807, 2.05) is 23.1 Å². The van der Waals surface area contributed by atoms with E-state index >= 15 is 0 Å². The topological polar surface area (TPSA) is 43.0 Å². The van der Waals surface area contributed by atoms with Crippen molar-refractivity contribution in [2.75, 3.05) is 0 Å². The minimum Gasteiger partial charge on any atom is -0.467 e. The number of nitrogens with one attached hydrogen (secondary N) is 1. The average molecular weight is 359 g/mol. The van der Waals surface area contributed by atoms with Crippen LogP contribution >= 0.6 is 22.6 Å². The fourth-order valence-electron chi connectivity index (χ4n) is 1.60. The quantitative estimate of drug-likeness (QED) is 0.854. The van der Waals surface area contributed by atoms with Crippen molar-refractivity contribution in [3.63, 3.8) is 0 Å². The van der Waals surface area contributed by atoms with E-state index in [0.29, 0.717) is 6.54 Å². The highest BCUT2D eigenvalue weighted by Gasteiger charge is 2.12. The molecule has 0 bridgehead atoms. The van der Waals surface area contributed by atoms with Gasteiger partial charge < -0.3 is 9.73 Å². The Kier molecular flexibility index (Phi) is 4.11.